The van der Waals surface area contributed by atoms with Crippen molar-refractivity contribution in [1.29, 1.82) is 0 Å². The van der Waals surface area contributed by atoms with E-state index in [2.05, 4.69) is 10.3 Å². The quantitative estimate of drug-likeness (QED) is 0.898. The van der Waals surface area contributed by atoms with Crippen molar-refractivity contribution in [2.24, 2.45) is 0 Å². The summed E-state index contributed by atoms with van der Waals surface area (Å²) in [5.74, 6) is 0.871. The summed E-state index contributed by atoms with van der Waals surface area (Å²) < 4.78 is 13.4. The summed E-state index contributed by atoms with van der Waals surface area (Å²) in [6.45, 7) is 0.719. The third-order valence-corrected chi connectivity index (χ3v) is 3.91. The van der Waals surface area contributed by atoms with Crippen molar-refractivity contribution in [3.05, 3.63) is 45.7 Å². The van der Waals surface area contributed by atoms with Crippen molar-refractivity contribution in [3.63, 3.8) is 0 Å². The molecule has 0 fully saturated rings. The molecule has 2 heterocycles. The van der Waals surface area contributed by atoms with Gasteiger partial charge in [-0.15, -0.1) is 0 Å². The molecule has 3 nitrogen and oxygen atoms in total. The van der Waals surface area contributed by atoms with Crippen LogP contribution in [0.15, 0.2) is 24.3 Å². The zero-order valence-corrected chi connectivity index (χ0v) is 12.3. The maximum atomic E-state index is 13.4. The predicted molar refractivity (Wildman–Crippen MR) is 80.9 cm³/mol. The van der Waals surface area contributed by atoms with Crippen LogP contribution in [0.25, 0.3) is 0 Å². The number of anilines is 3. The Morgan fingerprint density at radius 1 is 1.25 bits per heavy atom. The van der Waals surface area contributed by atoms with Gasteiger partial charge in [-0.25, -0.2) is 9.37 Å². The van der Waals surface area contributed by atoms with Gasteiger partial charge in [-0.1, -0.05) is 29.3 Å². The molecule has 1 aromatic heterocycles. The predicted octanol–water partition coefficient (Wildman–Crippen LogP) is 4.26. The van der Waals surface area contributed by atoms with E-state index >= 15 is 0 Å². The minimum absolute atomic E-state index is 0.269. The lowest BCUT2D eigenvalue weighted by atomic mass is 10.2. The standard InChI is InChI=1S/C14H12Cl2FN3/c1-18-13-10(15)7-11(16)14(19-13)20-5-4-8-2-3-9(17)6-12(8)20/h2-3,6-7H,4-5H2,1H3,(H,18,19). The first kappa shape index (κ1) is 13.5. The van der Waals surface area contributed by atoms with Crippen molar-refractivity contribution in [3.8, 4) is 0 Å². The zero-order valence-electron chi connectivity index (χ0n) is 10.8. The fourth-order valence-corrected chi connectivity index (χ4v) is 2.95. The van der Waals surface area contributed by atoms with Crippen molar-refractivity contribution >= 4 is 40.5 Å². The molecule has 0 spiro atoms. The molecule has 20 heavy (non-hydrogen) atoms. The first-order chi connectivity index (χ1) is 9.60. The van der Waals surface area contributed by atoms with Gasteiger partial charge in [0.25, 0.3) is 0 Å². The second-order valence-corrected chi connectivity index (χ2v) is 5.36. The number of fused-ring (bicyclic) bond motifs is 1. The Morgan fingerprint density at radius 3 is 2.80 bits per heavy atom. The van der Waals surface area contributed by atoms with E-state index in [0.717, 1.165) is 24.2 Å². The van der Waals surface area contributed by atoms with E-state index in [0.29, 0.717) is 21.7 Å². The first-order valence-corrected chi connectivity index (χ1v) is 6.95. The Balaban J connectivity index is 2.10. The van der Waals surface area contributed by atoms with Crippen LogP contribution < -0.4 is 10.2 Å². The van der Waals surface area contributed by atoms with Crippen LogP contribution >= 0.6 is 23.2 Å². The van der Waals surface area contributed by atoms with E-state index in [1.54, 1.807) is 19.2 Å². The van der Waals surface area contributed by atoms with Crippen LogP contribution in [0, 0.1) is 5.82 Å². The molecule has 0 radical (unpaired) electrons. The van der Waals surface area contributed by atoms with Gasteiger partial charge in [0, 0.05) is 19.3 Å². The van der Waals surface area contributed by atoms with Gasteiger partial charge < -0.3 is 10.2 Å². The molecule has 1 aromatic carbocycles. The zero-order chi connectivity index (χ0) is 14.3. The van der Waals surface area contributed by atoms with Gasteiger partial charge >= 0.3 is 0 Å². The molecule has 0 saturated heterocycles. The summed E-state index contributed by atoms with van der Waals surface area (Å²) in [6.07, 6.45) is 0.838. The third-order valence-electron chi connectivity index (χ3n) is 3.35. The van der Waals surface area contributed by atoms with E-state index in [-0.39, 0.29) is 5.82 Å². The highest BCUT2D eigenvalue weighted by Crippen LogP contribution is 2.39. The molecule has 1 aliphatic rings. The summed E-state index contributed by atoms with van der Waals surface area (Å²) in [4.78, 5) is 6.34. The smallest absolute Gasteiger partial charge is 0.154 e. The highest BCUT2D eigenvalue weighted by molar-refractivity contribution is 6.37. The number of nitrogens with one attached hydrogen (secondary N) is 1. The second-order valence-electron chi connectivity index (χ2n) is 4.55. The molecule has 0 saturated carbocycles. The van der Waals surface area contributed by atoms with Crippen molar-refractivity contribution in [1.82, 2.24) is 4.98 Å². The van der Waals surface area contributed by atoms with Crippen LogP contribution in [0.4, 0.5) is 21.7 Å². The van der Waals surface area contributed by atoms with E-state index < -0.39 is 0 Å². The minimum atomic E-state index is -0.269. The molecule has 0 amide bonds. The third kappa shape index (κ3) is 2.19. The number of benzene rings is 1. The molecule has 0 atom stereocenters. The Kier molecular flexibility index (Phi) is 3.44. The van der Waals surface area contributed by atoms with Crippen LogP contribution in [0.5, 0.6) is 0 Å². The van der Waals surface area contributed by atoms with Gasteiger partial charge in [0.05, 0.1) is 10.0 Å². The summed E-state index contributed by atoms with van der Waals surface area (Å²) in [5, 5.41) is 3.83. The number of rotatable bonds is 2. The van der Waals surface area contributed by atoms with Gasteiger partial charge in [0.15, 0.2) is 5.82 Å². The first-order valence-electron chi connectivity index (χ1n) is 6.20. The van der Waals surface area contributed by atoms with Gasteiger partial charge in [0.1, 0.15) is 11.6 Å². The molecule has 1 N–H and O–H groups in total. The number of hydrogen-bond acceptors (Lipinski definition) is 3. The van der Waals surface area contributed by atoms with E-state index in [1.165, 1.54) is 12.1 Å². The molecule has 6 heteroatoms. The summed E-state index contributed by atoms with van der Waals surface area (Å²) in [6, 6.07) is 6.42. The largest absolute Gasteiger partial charge is 0.372 e. The molecule has 3 rings (SSSR count). The van der Waals surface area contributed by atoms with Crippen molar-refractivity contribution in [2.75, 3.05) is 23.8 Å². The number of hydrogen-bond donors (Lipinski definition) is 1. The summed E-state index contributed by atoms with van der Waals surface area (Å²) in [7, 11) is 1.74. The number of halogens is 3. The number of pyridine rings is 1. The van der Waals surface area contributed by atoms with Gasteiger partial charge in [0.2, 0.25) is 0 Å². The summed E-state index contributed by atoms with van der Waals surface area (Å²) >= 11 is 12.3. The number of aromatic nitrogens is 1. The molecule has 104 valence electrons. The lowest BCUT2D eigenvalue weighted by molar-refractivity contribution is 0.628. The Morgan fingerprint density at radius 2 is 2.05 bits per heavy atom. The van der Waals surface area contributed by atoms with Crippen LogP contribution in [0.3, 0.4) is 0 Å². The highest BCUT2D eigenvalue weighted by atomic mass is 35.5. The molecule has 0 aliphatic carbocycles. The van der Waals surface area contributed by atoms with Crippen LogP contribution in [0.1, 0.15) is 5.56 Å². The molecule has 1 aliphatic heterocycles. The van der Waals surface area contributed by atoms with Gasteiger partial charge in [-0.2, -0.15) is 0 Å². The van der Waals surface area contributed by atoms with Gasteiger partial charge in [-0.05, 0) is 30.2 Å². The fourth-order valence-electron chi connectivity index (χ4n) is 2.39. The lowest BCUT2D eigenvalue weighted by Gasteiger charge is -2.20. The maximum absolute atomic E-state index is 13.4. The summed E-state index contributed by atoms with van der Waals surface area (Å²) in [5.41, 5.74) is 1.90. The highest BCUT2D eigenvalue weighted by Gasteiger charge is 2.24. The van der Waals surface area contributed by atoms with Crippen molar-refractivity contribution in [2.45, 2.75) is 6.42 Å². The van der Waals surface area contributed by atoms with E-state index in [4.69, 9.17) is 23.2 Å². The molecular formula is C14H12Cl2FN3. The molecule has 2 aromatic rings. The normalized spacial score (nSPS) is 13.5. The lowest BCUT2D eigenvalue weighted by Crippen LogP contribution is -2.16. The Hall–Kier alpha value is -1.52. The van der Waals surface area contributed by atoms with Crippen molar-refractivity contribution < 1.29 is 4.39 Å². The Bertz CT molecular complexity index is 676. The maximum Gasteiger partial charge on any atom is 0.154 e. The topological polar surface area (TPSA) is 28.2 Å². The average molecular weight is 312 g/mol. The monoisotopic (exact) mass is 311 g/mol. The van der Waals surface area contributed by atoms with E-state index in [1.807, 2.05) is 4.90 Å². The average Bonchev–Trinajstić information content (AvgIpc) is 2.82. The molecule has 0 unspecified atom stereocenters. The molecule has 0 bridgehead atoms. The Labute approximate surface area is 126 Å². The van der Waals surface area contributed by atoms with Crippen LogP contribution in [0.2, 0.25) is 10.0 Å². The SMILES string of the molecule is CNc1nc(N2CCc3ccc(F)cc32)c(Cl)cc1Cl. The second kappa shape index (κ2) is 5.11. The van der Waals surface area contributed by atoms with Crippen LogP contribution in [-0.2, 0) is 6.42 Å². The van der Waals surface area contributed by atoms with Gasteiger partial charge in [-0.3, -0.25) is 0 Å². The minimum Gasteiger partial charge on any atom is -0.372 e. The van der Waals surface area contributed by atoms with Crippen LogP contribution in [-0.4, -0.2) is 18.6 Å². The van der Waals surface area contributed by atoms with E-state index in [9.17, 15) is 4.39 Å². The molecular weight excluding hydrogens is 300 g/mol. The fraction of sp³-hybridized carbons (Fsp3) is 0.214. The number of nitrogens with zero attached hydrogens (tertiary/aromatic N) is 2.